The zero-order valence-electron chi connectivity index (χ0n) is 22.1. The van der Waals surface area contributed by atoms with E-state index in [0.717, 1.165) is 16.3 Å². The summed E-state index contributed by atoms with van der Waals surface area (Å²) in [6, 6.07) is 26.0. The van der Waals surface area contributed by atoms with E-state index in [4.69, 9.17) is 0 Å². The van der Waals surface area contributed by atoms with Crippen molar-refractivity contribution in [3.05, 3.63) is 96.6 Å². The molecule has 8 nitrogen and oxygen atoms in total. The van der Waals surface area contributed by atoms with Gasteiger partial charge in [0.2, 0.25) is 5.91 Å². The predicted molar refractivity (Wildman–Crippen MR) is 160 cm³/mol. The largest absolute Gasteiger partial charge is 0.342 e. The number of hydrogen-bond donors (Lipinski definition) is 3. The van der Waals surface area contributed by atoms with Gasteiger partial charge in [-0.15, -0.1) is 11.8 Å². The van der Waals surface area contributed by atoms with E-state index in [-0.39, 0.29) is 29.0 Å². The highest BCUT2D eigenvalue weighted by atomic mass is 32.2. The van der Waals surface area contributed by atoms with Gasteiger partial charge in [-0.2, -0.15) is 0 Å². The Balaban J connectivity index is 1.57. The number of sulfonamides is 1. The van der Waals surface area contributed by atoms with Crippen LogP contribution in [0.1, 0.15) is 12.5 Å². The Kier molecular flexibility index (Phi) is 8.11. The smallest absolute Gasteiger partial charge is 0.261 e. The maximum Gasteiger partial charge on any atom is 0.261 e. The molecule has 3 N–H and O–H groups in total. The molecular formula is C30H30N4O4S2. The number of fused-ring (bicyclic) bond motifs is 2. The van der Waals surface area contributed by atoms with Crippen LogP contribution in [0.25, 0.3) is 10.8 Å². The first-order chi connectivity index (χ1) is 19.3. The average molecular weight is 575 g/mol. The zero-order valence-corrected chi connectivity index (χ0v) is 23.8. The van der Waals surface area contributed by atoms with Crippen molar-refractivity contribution in [2.45, 2.75) is 35.3 Å². The summed E-state index contributed by atoms with van der Waals surface area (Å²) in [5, 5.41) is 7.86. The second-order valence-corrected chi connectivity index (χ2v) is 12.2. The van der Waals surface area contributed by atoms with E-state index >= 15 is 0 Å². The van der Waals surface area contributed by atoms with Crippen molar-refractivity contribution >= 4 is 55.7 Å². The molecule has 0 radical (unpaired) electrons. The summed E-state index contributed by atoms with van der Waals surface area (Å²) in [6.45, 7) is 1.97. The van der Waals surface area contributed by atoms with Crippen LogP contribution >= 0.6 is 11.8 Å². The summed E-state index contributed by atoms with van der Waals surface area (Å²) < 4.78 is 29.1. The number of likely N-dealkylation sites (N-methyl/N-ethyl adjacent to an activating group) is 1. The van der Waals surface area contributed by atoms with Crippen molar-refractivity contribution in [1.29, 1.82) is 0 Å². The lowest BCUT2D eigenvalue weighted by molar-refractivity contribution is -0.128. The third-order valence-electron chi connectivity index (χ3n) is 6.89. The summed E-state index contributed by atoms with van der Waals surface area (Å²) in [5.41, 5.74) is 1.89. The Morgan fingerprint density at radius 1 is 0.975 bits per heavy atom. The van der Waals surface area contributed by atoms with Gasteiger partial charge in [0, 0.05) is 5.75 Å². The van der Waals surface area contributed by atoms with Gasteiger partial charge in [0.15, 0.2) is 0 Å². The normalized spacial score (nSPS) is 16.2. The number of hydrogen-bond acceptors (Lipinski definition) is 6. The van der Waals surface area contributed by atoms with Crippen LogP contribution in [0.2, 0.25) is 0 Å². The first-order valence-corrected chi connectivity index (χ1v) is 15.3. The monoisotopic (exact) mass is 574 g/mol. The van der Waals surface area contributed by atoms with Gasteiger partial charge in [0.25, 0.3) is 15.9 Å². The first kappa shape index (κ1) is 27.7. The second kappa shape index (κ2) is 11.7. The number of nitrogens with zero attached hydrogens (tertiary/aromatic N) is 1. The summed E-state index contributed by atoms with van der Waals surface area (Å²) in [6.07, 6.45) is 0. The molecule has 4 aromatic rings. The maximum absolute atomic E-state index is 14.1. The van der Waals surface area contributed by atoms with Crippen LogP contribution in [0.3, 0.4) is 0 Å². The lowest BCUT2D eigenvalue weighted by Crippen LogP contribution is -2.53. The van der Waals surface area contributed by atoms with Gasteiger partial charge in [-0.1, -0.05) is 66.7 Å². The van der Waals surface area contributed by atoms with E-state index in [1.165, 1.54) is 23.9 Å². The minimum absolute atomic E-state index is 0.140. The van der Waals surface area contributed by atoms with Crippen LogP contribution in [-0.4, -0.2) is 45.1 Å². The van der Waals surface area contributed by atoms with Crippen LogP contribution in [-0.2, 0) is 26.2 Å². The molecule has 0 saturated heterocycles. The molecule has 0 aliphatic carbocycles. The SMILES string of the molecule is CNC(C)C(=O)NC1CSc2c(NS(=O)(=O)c3ccccc3)cccc2N(Cc2cccc3ccccc23)C1=O. The molecule has 1 aliphatic rings. The molecule has 4 aromatic carbocycles. The Bertz CT molecular complexity index is 1660. The predicted octanol–water partition coefficient (Wildman–Crippen LogP) is 4.37. The maximum atomic E-state index is 14.1. The molecule has 10 heteroatoms. The standard InChI is InChI=1S/C30H30N4O4S2/c1-20(31-2)29(35)32-26-19-39-28-25(33-40(37,38)23-13-4-3-5-14-23)16-9-17-27(28)34(30(26)36)18-22-12-8-11-21-10-6-7-15-24(21)22/h3-17,20,26,31,33H,18-19H2,1-2H3,(H,32,35). The third-order valence-corrected chi connectivity index (χ3v) is 9.49. The molecule has 1 aliphatic heterocycles. The van der Waals surface area contributed by atoms with Crippen molar-refractivity contribution in [2.24, 2.45) is 0 Å². The van der Waals surface area contributed by atoms with Crippen LogP contribution in [0.5, 0.6) is 0 Å². The fourth-order valence-electron chi connectivity index (χ4n) is 4.61. The van der Waals surface area contributed by atoms with Gasteiger partial charge < -0.3 is 15.5 Å². The van der Waals surface area contributed by atoms with Crippen LogP contribution in [0.15, 0.2) is 101 Å². The highest BCUT2D eigenvalue weighted by Crippen LogP contribution is 2.41. The Hall–Kier alpha value is -3.86. The van der Waals surface area contributed by atoms with E-state index in [9.17, 15) is 18.0 Å². The molecule has 2 amide bonds. The zero-order chi connectivity index (χ0) is 28.3. The van der Waals surface area contributed by atoms with E-state index in [0.29, 0.717) is 16.3 Å². The Morgan fingerprint density at radius 2 is 1.68 bits per heavy atom. The van der Waals surface area contributed by atoms with E-state index in [1.807, 2.05) is 48.5 Å². The van der Waals surface area contributed by atoms with Gasteiger partial charge in [-0.05, 0) is 54.6 Å². The Morgan fingerprint density at radius 3 is 2.45 bits per heavy atom. The number of benzene rings is 4. The molecule has 0 fully saturated rings. The average Bonchev–Trinajstić information content (AvgIpc) is 3.10. The summed E-state index contributed by atoms with van der Waals surface area (Å²) >= 11 is 1.34. The molecule has 0 saturated carbocycles. The molecule has 0 bridgehead atoms. The molecule has 0 spiro atoms. The van der Waals surface area contributed by atoms with Crippen molar-refractivity contribution < 1.29 is 18.0 Å². The molecular weight excluding hydrogens is 544 g/mol. The quantitative estimate of drug-likeness (QED) is 0.289. The number of thioether (sulfide) groups is 1. The summed E-state index contributed by atoms with van der Waals surface area (Å²) in [5.74, 6) is -0.314. The van der Waals surface area contributed by atoms with E-state index in [2.05, 4.69) is 15.4 Å². The van der Waals surface area contributed by atoms with Crippen molar-refractivity contribution in [2.75, 3.05) is 22.4 Å². The van der Waals surface area contributed by atoms with Crippen molar-refractivity contribution in [3.8, 4) is 0 Å². The van der Waals surface area contributed by atoms with Crippen LogP contribution < -0.4 is 20.3 Å². The molecule has 40 heavy (non-hydrogen) atoms. The number of amides is 2. The molecule has 1 heterocycles. The lowest BCUT2D eigenvalue weighted by Gasteiger charge is -2.27. The number of carbonyl (C=O) groups excluding carboxylic acids is 2. The summed E-state index contributed by atoms with van der Waals surface area (Å²) in [4.78, 5) is 29.2. The number of anilines is 2. The fourth-order valence-corrected chi connectivity index (χ4v) is 6.93. The van der Waals surface area contributed by atoms with Gasteiger partial charge in [0.1, 0.15) is 6.04 Å². The summed E-state index contributed by atoms with van der Waals surface area (Å²) in [7, 11) is -2.19. The Labute approximate surface area is 238 Å². The third kappa shape index (κ3) is 5.70. The van der Waals surface area contributed by atoms with Gasteiger partial charge in [-0.3, -0.25) is 14.3 Å². The molecule has 2 atom stereocenters. The second-order valence-electron chi connectivity index (χ2n) is 9.52. The van der Waals surface area contributed by atoms with E-state index in [1.54, 1.807) is 49.2 Å². The highest BCUT2D eigenvalue weighted by molar-refractivity contribution is 7.99. The number of nitrogens with one attached hydrogen (secondary N) is 3. The molecule has 5 rings (SSSR count). The molecule has 206 valence electrons. The lowest BCUT2D eigenvalue weighted by atomic mass is 10.0. The van der Waals surface area contributed by atoms with Gasteiger partial charge in [-0.25, -0.2) is 8.42 Å². The van der Waals surface area contributed by atoms with Crippen LogP contribution in [0.4, 0.5) is 11.4 Å². The molecule has 0 aromatic heterocycles. The number of rotatable bonds is 8. The minimum atomic E-state index is -3.87. The minimum Gasteiger partial charge on any atom is -0.342 e. The molecule has 2 unspecified atom stereocenters. The van der Waals surface area contributed by atoms with Crippen LogP contribution in [0, 0.1) is 0 Å². The van der Waals surface area contributed by atoms with Gasteiger partial charge in [0.05, 0.1) is 33.8 Å². The first-order valence-electron chi connectivity index (χ1n) is 12.9. The highest BCUT2D eigenvalue weighted by Gasteiger charge is 2.34. The fraction of sp³-hybridized carbons (Fsp3) is 0.200. The van der Waals surface area contributed by atoms with Gasteiger partial charge >= 0.3 is 0 Å². The topological polar surface area (TPSA) is 108 Å². The number of carbonyl (C=O) groups is 2. The van der Waals surface area contributed by atoms with E-state index < -0.39 is 22.1 Å². The van der Waals surface area contributed by atoms with Crippen molar-refractivity contribution in [1.82, 2.24) is 10.6 Å². The van der Waals surface area contributed by atoms with Crippen molar-refractivity contribution in [3.63, 3.8) is 0 Å².